The molecule has 0 aliphatic carbocycles. The summed E-state index contributed by atoms with van der Waals surface area (Å²) in [6.07, 6.45) is 1.99. The minimum absolute atomic E-state index is 0.743. The highest BCUT2D eigenvalue weighted by molar-refractivity contribution is 5.84. The molecule has 0 aliphatic rings. The molecule has 3 rings (SSSR count). The molecule has 0 radical (unpaired) electrons. The summed E-state index contributed by atoms with van der Waals surface area (Å²) in [7, 11) is 3.34. The lowest BCUT2D eigenvalue weighted by Gasteiger charge is -2.10. The summed E-state index contributed by atoms with van der Waals surface area (Å²) in [6.45, 7) is 0.793. The number of hydrogen-bond donors (Lipinski definition) is 0. The standard InChI is InChI=1S/C18H18NO2/c1-20-17-13-19(12-14-8-4-3-5-9-14)16-11-7-6-10-15(16)18(17)21-2/h3-11,13H,12H2,1-2H3/q+1. The minimum Gasteiger partial charge on any atom is -0.492 e. The van der Waals surface area contributed by atoms with Gasteiger partial charge in [0.15, 0.2) is 12.3 Å². The third-order valence-electron chi connectivity index (χ3n) is 3.57. The van der Waals surface area contributed by atoms with Crippen molar-refractivity contribution in [1.29, 1.82) is 0 Å². The summed E-state index contributed by atoms with van der Waals surface area (Å²) >= 11 is 0. The predicted molar refractivity (Wildman–Crippen MR) is 82.8 cm³/mol. The molecule has 0 bridgehead atoms. The fourth-order valence-corrected chi connectivity index (χ4v) is 2.59. The number of nitrogens with zero attached hydrogens (tertiary/aromatic N) is 1. The fraction of sp³-hybridized carbons (Fsp3) is 0.167. The molecular weight excluding hydrogens is 262 g/mol. The van der Waals surface area contributed by atoms with Gasteiger partial charge in [-0.05, 0) is 6.07 Å². The molecule has 21 heavy (non-hydrogen) atoms. The maximum absolute atomic E-state index is 5.52. The zero-order chi connectivity index (χ0) is 14.7. The van der Waals surface area contributed by atoms with Gasteiger partial charge in [0.2, 0.25) is 17.5 Å². The number of fused-ring (bicyclic) bond motifs is 1. The monoisotopic (exact) mass is 280 g/mol. The first-order valence-electron chi connectivity index (χ1n) is 6.90. The molecule has 3 aromatic rings. The predicted octanol–water partition coefficient (Wildman–Crippen LogP) is 3.19. The van der Waals surface area contributed by atoms with E-state index in [1.54, 1.807) is 14.2 Å². The van der Waals surface area contributed by atoms with Gasteiger partial charge in [0.1, 0.15) is 0 Å². The highest BCUT2D eigenvalue weighted by atomic mass is 16.5. The molecule has 0 amide bonds. The molecule has 3 nitrogen and oxygen atoms in total. The molecule has 2 aromatic carbocycles. The van der Waals surface area contributed by atoms with Crippen molar-refractivity contribution in [3.8, 4) is 11.5 Å². The first-order valence-corrected chi connectivity index (χ1v) is 6.90. The van der Waals surface area contributed by atoms with Crippen LogP contribution in [0.4, 0.5) is 0 Å². The van der Waals surface area contributed by atoms with Gasteiger partial charge in [0.05, 0.1) is 19.6 Å². The van der Waals surface area contributed by atoms with E-state index in [0.717, 1.165) is 28.9 Å². The van der Waals surface area contributed by atoms with Crippen LogP contribution in [0.3, 0.4) is 0 Å². The van der Waals surface area contributed by atoms with E-state index >= 15 is 0 Å². The largest absolute Gasteiger partial charge is 0.492 e. The summed E-state index contributed by atoms with van der Waals surface area (Å²) in [5, 5.41) is 1.05. The maximum atomic E-state index is 5.52. The van der Waals surface area contributed by atoms with Gasteiger partial charge in [-0.2, -0.15) is 4.57 Å². The Balaban J connectivity index is 2.18. The van der Waals surface area contributed by atoms with E-state index in [9.17, 15) is 0 Å². The van der Waals surface area contributed by atoms with E-state index in [2.05, 4.69) is 41.0 Å². The number of aromatic nitrogens is 1. The second kappa shape index (κ2) is 5.83. The van der Waals surface area contributed by atoms with Gasteiger partial charge in [0.25, 0.3) is 0 Å². The van der Waals surface area contributed by atoms with Gasteiger partial charge in [-0.3, -0.25) is 0 Å². The zero-order valence-corrected chi connectivity index (χ0v) is 12.2. The van der Waals surface area contributed by atoms with Crippen molar-refractivity contribution in [3.05, 3.63) is 66.4 Å². The molecule has 3 heteroatoms. The molecule has 106 valence electrons. The summed E-state index contributed by atoms with van der Waals surface area (Å²) in [4.78, 5) is 0. The average Bonchev–Trinajstić information content (AvgIpc) is 2.55. The van der Waals surface area contributed by atoms with Crippen LogP contribution < -0.4 is 14.0 Å². The van der Waals surface area contributed by atoms with Crippen molar-refractivity contribution in [1.82, 2.24) is 0 Å². The van der Waals surface area contributed by atoms with Crippen LogP contribution in [-0.4, -0.2) is 14.2 Å². The van der Waals surface area contributed by atoms with Gasteiger partial charge >= 0.3 is 0 Å². The number of benzene rings is 2. The second-order valence-corrected chi connectivity index (χ2v) is 4.86. The van der Waals surface area contributed by atoms with Crippen LogP contribution in [0.1, 0.15) is 5.56 Å². The summed E-state index contributed by atoms with van der Waals surface area (Å²) in [5.74, 6) is 1.52. The Bertz CT molecular complexity index is 754. The van der Waals surface area contributed by atoms with Crippen molar-refractivity contribution in [3.63, 3.8) is 0 Å². The molecular formula is C18H18NO2+. The van der Waals surface area contributed by atoms with Crippen LogP contribution in [0.25, 0.3) is 10.9 Å². The Hall–Kier alpha value is -2.55. The lowest BCUT2D eigenvalue weighted by Crippen LogP contribution is -2.35. The fourth-order valence-electron chi connectivity index (χ4n) is 2.59. The summed E-state index contributed by atoms with van der Waals surface area (Å²) < 4.78 is 13.2. The SMILES string of the molecule is COc1c[n+](Cc2ccccc2)c2ccccc2c1OC. The van der Waals surface area contributed by atoms with Crippen molar-refractivity contribution in [2.75, 3.05) is 14.2 Å². The van der Waals surface area contributed by atoms with E-state index in [0.29, 0.717) is 0 Å². The Kier molecular flexibility index (Phi) is 3.73. The molecule has 0 aliphatic heterocycles. The van der Waals surface area contributed by atoms with Crippen LogP contribution in [0.15, 0.2) is 60.8 Å². The van der Waals surface area contributed by atoms with Gasteiger partial charge < -0.3 is 9.47 Å². The molecule has 0 N–H and O–H groups in total. The Morgan fingerprint density at radius 1 is 0.857 bits per heavy atom. The Morgan fingerprint density at radius 3 is 2.29 bits per heavy atom. The van der Waals surface area contributed by atoms with E-state index in [1.165, 1.54) is 5.56 Å². The first kappa shape index (κ1) is 13.4. The summed E-state index contributed by atoms with van der Waals surface area (Å²) in [6, 6.07) is 18.6. The van der Waals surface area contributed by atoms with Crippen LogP contribution in [0.5, 0.6) is 11.5 Å². The van der Waals surface area contributed by atoms with E-state index in [-0.39, 0.29) is 0 Å². The van der Waals surface area contributed by atoms with Gasteiger partial charge in [-0.25, -0.2) is 0 Å². The number of methoxy groups -OCH3 is 2. The average molecular weight is 280 g/mol. The zero-order valence-electron chi connectivity index (χ0n) is 12.2. The molecule has 1 heterocycles. The minimum atomic E-state index is 0.743. The number of hydrogen-bond acceptors (Lipinski definition) is 2. The highest BCUT2D eigenvalue weighted by Crippen LogP contribution is 2.32. The quantitative estimate of drug-likeness (QED) is 0.685. The topological polar surface area (TPSA) is 22.3 Å². The highest BCUT2D eigenvalue weighted by Gasteiger charge is 2.19. The lowest BCUT2D eigenvalue weighted by atomic mass is 10.1. The molecule has 0 spiro atoms. The number of rotatable bonds is 4. The van der Waals surface area contributed by atoms with E-state index < -0.39 is 0 Å². The van der Waals surface area contributed by atoms with Gasteiger partial charge in [0, 0.05) is 11.6 Å². The first-order chi connectivity index (χ1) is 10.3. The molecule has 0 fully saturated rings. The molecule has 0 atom stereocenters. The molecule has 0 saturated carbocycles. The second-order valence-electron chi connectivity index (χ2n) is 4.86. The van der Waals surface area contributed by atoms with Crippen LogP contribution in [0.2, 0.25) is 0 Å². The molecule has 0 unspecified atom stereocenters. The van der Waals surface area contributed by atoms with Crippen molar-refractivity contribution in [2.45, 2.75) is 6.54 Å². The van der Waals surface area contributed by atoms with Crippen LogP contribution in [-0.2, 0) is 6.54 Å². The third-order valence-corrected chi connectivity index (χ3v) is 3.57. The van der Waals surface area contributed by atoms with Crippen molar-refractivity contribution >= 4 is 10.9 Å². The normalized spacial score (nSPS) is 10.6. The van der Waals surface area contributed by atoms with Crippen LogP contribution in [0, 0.1) is 0 Å². The van der Waals surface area contributed by atoms with Crippen molar-refractivity contribution < 1.29 is 14.0 Å². The maximum Gasteiger partial charge on any atom is 0.226 e. The smallest absolute Gasteiger partial charge is 0.226 e. The van der Waals surface area contributed by atoms with E-state index in [4.69, 9.17) is 9.47 Å². The van der Waals surface area contributed by atoms with Crippen LogP contribution >= 0.6 is 0 Å². The number of pyridine rings is 1. The van der Waals surface area contributed by atoms with Gasteiger partial charge in [-0.15, -0.1) is 0 Å². The number of ether oxygens (including phenoxy) is 2. The Morgan fingerprint density at radius 2 is 1.57 bits per heavy atom. The third kappa shape index (κ3) is 2.55. The van der Waals surface area contributed by atoms with Gasteiger partial charge in [-0.1, -0.05) is 42.5 Å². The molecule has 0 saturated heterocycles. The van der Waals surface area contributed by atoms with Crippen molar-refractivity contribution in [2.24, 2.45) is 0 Å². The lowest BCUT2D eigenvalue weighted by molar-refractivity contribution is -0.662. The summed E-state index contributed by atoms with van der Waals surface area (Å²) in [5.41, 5.74) is 2.37. The van der Waals surface area contributed by atoms with E-state index in [1.807, 2.05) is 24.4 Å². The number of para-hydroxylation sites is 1. The molecule has 1 aromatic heterocycles. The Labute approximate surface area is 124 Å².